The lowest BCUT2D eigenvalue weighted by molar-refractivity contribution is 0.0898. The summed E-state index contributed by atoms with van der Waals surface area (Å²) in [4.78, 5) is 16.2. The first-order valence-corrected chi connectivity index (χ1v) is 6.31. The number of aromatic nitrogens is 1. The number of hydrogen-bond donors (Lipinski definition) is 2. The van der Waals surface area contributed by atoms with Gasteiger partial charge in [-0.2, -0.15) is 0 Å². The van der Waals surface area contributed by atoms with Gasteiger partial charge in [-0.15, -0.1) is 24.8 Å². The number of nitrogens with two attached hydrogens (primary N) is 1. The van der Waals surface area contributed by atoms with Crippen LogP contribution in [0.2, 0.25) is 0 Å². The first-order chi connectivity index (χ1) is 8.36. The number of rotatable bonds is 5. The van der Waals surface area contributed by atoms with Crippen LogP contribution >= 0.6 is 24.8 Å². The summed E-state index contributed by atoms with van der Waals surface area (Å²) in [6, 6.07) is 3.61. The van der Waals surface area contributed by atoms with Gasteiger partial charge in [-0.05, 0) is 38.3 Å². The summed E-state index contributed by atoms with van der Waals surface area (Å²) < 4.78 is 0. The van der Waals surface area contributed by atoms with Crippen molar-refractivity contribution >= 4 is 30.7 Å². The van der Waals surface area contributed by atoms with E-state index in [0.717, 1.165) is 12.1 Å². The van der Waals surface area contributed by atoms with E-state index in [0.29, 0.717) is 18.0 Å². The van der Waals surface area contributed by atoms with Gasteiger partial charge in [0.2, 0.25) is 0 Å². The zero-order valence-corrected chi connectivity index (χ0v) is 14.1. The lowest BCUT2D eigenvalue weighted by Crippen LogP contribution is -2.52. The van der Waals surface area contributed by atoms with Gasteiger partial charge >= 0.3 is 0 Å². The van der Waals surface area contributed by atoms with Crippen molar-refractivity contribution in [1.82, 2.24) is 10.3 Å². The second-order valence-corrected chi connectivity index (χ2v) is 5.51. The molecule has 0 aliphatic rings. The highest BCUT2D eigenvalue weighted by Crippen LogP contribution is 2.16. The molecule has 0 aliphatic heterocycles. The zero-order chi connectivity index (χ0) is 13.8. The van der Waals surface area contributed by atoms with E-state index in [1.165, 1.54) is 0 Å². The van der Waals surface area contributed by atoms with Gasteiger partial charge in [0.25, 0.3) is 5.91 Å². The Hall–Kier alpha value is -0.840. The summed E-state index contributed by atoms with van der Waals surface area (Å²) in [5.74, 6) is 0.367. The average molecular weight is 322 g/mol. The van der Waals surface area contributed by atoms with Crippen molar-refractivity contribution in [1.29, 1.82) is 0 Å². The molecule has 6 heteroatoms. The van der Waals surface area contributed by atoms with Gasteiger partial charge in [-0.25, -0.2) is 0 Å². The minimum Gasteiger partial charge on any atom is -0.346 e. The minimum absolute atomic E-state index is 0. The molecule has 1 aromatic rings. The lowest BCUT2D eigenvalue weighted by Gasteiger charge is -2.31. The van der Waals surface area contributed by atoms with Gasteiger partial charge < -0.3 is 11.1 Å². The summed E-state index contributed by atoms with van der Waals surface area (Å²) in [6.45, 7) is 8.54. The van der Waals surface area contributed by atoms with Crippen LogP contribution in [0.1, 0.15) is 43.2 Å². The Morgan fingerprint density at radius 3 is 2.40 bits per heavy atom. The van der Waals surface area contributed by atoms with E-state index in [-0.39, 0.29) is 36.3 Å². The van der Waals surface area contributed by atoms with E-state index in [2.05, 4.69) is 24.1 Å². The zero-order valence-electron chi connectivity index (χ0n) is 12.5. The van der Waals surface area contributed by atoms with Crippen molar-refractivity contribution in [3.05, 3.63) is 29.6 Å². The first kappa shape index (κ1) is 21.5. The van der Waals surface area contributed by atoms with E-state index >= 15 is 0 Å². The third kappa shape index (κ3) is 6.55. The average Bonchev–Trinajstić information content (AvgIpc) is 2.28. The number of nitrogens with one attached hydrogen (secondary N) is 1. The molecule has 1 unspecified atom stereocenters. The van der Waals surface area contributed by atoms with Crippen LogP contribution in [0, 0.1) is 12.8 Å². The van der Waals surface area contributed by atoms with Crippen molar-refractivity contribution in [3.8, 4) is 0 Å². The van der Waals surface area contributed by atoms with Crippen LogP contribution in [-0.2, 0) is 0 Å². The van der Waals surface area contributed by atoms with Crippen LogP contribution in [0.4, 0.5) is 0 Å². The predicted octanol–water partition coefficient (Wildman–Crippen LogP) is 2.73. The van der Waals surface area contributed by atoms with E-state index in [1.807, 2.05) is 19.9 Å². The number of aryl methyl sites for hydroxylation is 1. The Kier molecular flexibility index (Phi) is 9.83. The SMILES string of the molecule is Cc1ccc(C(=O)NC(C)(CN)CC(C)C)cn1.Cl.Cl. The maximum atomic E-state index is 12.1. The molecule has 0 saturated carbocycles. The van der Waals surface area contributed by atoms with Gasteiger partial charge in [0, 0.05) is 24.0 Å². The summed E-state index contributed by atoms with van der Waals surface area (Å²) >= 11 is 0. The molecule has 20 heavy (non-hydrogen) atoms. The molecule has 1 aromatic heterocycles. The molecule has 3 N–H and O–H groups in total. The summed E-state index contributed by atoms with van der Waals surface area (Å²) in [5.41, 5.74) is 6.88. The summed E-state index contributed by atoms with van der Waals surface area (Å²) in [7, 11) is 0. The third-order valence-corrected chi connectivity index (χ3v) is 2.90. The number of carbonyl (C=O) groups is 1. The number of halogens is 2. The normalized spacial score (nSPS) is 12.9. The van der Waals surface area contributed by atoms with Crippen molar-refractivity contribution in [2.24, 2.45) is 11.7 Å². The smallest absolute Gasteiger partial charge is 0.253 e. The molecule has 4 nitrogen and oxygen atoms in total. The molecule has 0 fully saturated rings. The Balaban J connectivity index is 0. The van der Waals surface area contributed by atoms with E-state index in [4.69, 9.17) is 5.73 Å². The maximum Gasteiger partial charge on any atom is 0.253 e. The first-order valence-electron chi connectivity index (χ1n) is 6.31. The topological polar surface area (TPSA) is 68.0 Å². The van der Waals surface area contributed by atoms with Gasteiger partial charge in [0.1, 0.15) is 0 Å². The fraction of sp³-hybridized carbons (Fsp3) is 0.571. The highest BCUT2D eigenvalue weighted by molar-refractivity contribution is 5.94. The fourth-order valence-electron chi connectivity index (χ4n) is 2.03. The van der Waals surface area contributed by atoms with Gasteiger partial charge in [-0.3, -0.25) is 9.78 Å². The second-order valence-electron chi connectivity index (χ2n) is 5.51. The quantitative estimate of drug-likeness (QED) is 0.876. The predicted molar refractivity (Wildman–Crippen MR) is 87.9 cm³/mol. The van der Waals surface area contributed by atoms with Crippen molar-refractivity contribution in [3.63, 3.8) is 0 Å². The van der Waals surface area contributed by atoms with E-state index in [1.54, 1.807) is 12.3 Å². The Labute approximate surface area is 133 Å². The molecule has 0 saturated heterocycles. The van der Waals surface area contributed by atoms with Crippen LogP contribution in [0.25, 0.3) is 0 Å². The monoisotopic (exact) mass is 321 g/mol. The molecule has 0 aromatic carbocycles. The fourth-order valence-corrected chi connectivity index (χ4v) is 2.03. The number of carbonyl (C=O) groups excluding carboxylic acids is 1. The molecular formula is C14H25Cl2N3O. The molecule has 0 aliphatic carbocycles. The van der Waals surface area contributed by atoms with Crippen LogP contribution in [0.15, 0.2) is 18.3 Å². The van der Waals surface area contributed by atoms with Crippen molar-refractivity contribution < 1.29 is 4.79 Å². The van der Waals surface area contributed by atoms with Gasteiger partial charge in [0.15, 0.2) is 0 Å². The molecule has 0 spiro atoms. The number of nitrogens with zero attached hydrogens (tertiary/aromatic N) is 1. The van der Waals surface area contributed by atoms with E-state index < -0.39 is 0 Å². The van der Waals surface area contributed by atoms with Crippen molar-refractivity contribution in [2.45, 2.75) is 39.7 Å². The Bertz CT molecular complexity index is 409. The molecule has 1 amide bonds. The summed E-state index contributed by atoms with van der Waals surface area (Å²) in [5, 5.41) is 3.01. The van der Waals surface area contributed by atoms with Crippen LogP contribution in [0.3, 0.4) is 0 Å². The highest BCUT2D eigenvalue weighted by Gasteiger charge is 2.26. The Morgan fingerprint density at radius 1 is 1.40 bits per heavy atom. The third-order valence-electron chi connectivity index (χ3n) is 2.90. The molecule has 0 bridgehead atoms. The number of pyridine rings is 1. The second kappa shape index (κ2) is 9.16. The largest absolute Gasteiger partial charge is 0.346 e. The summed E-state index contributed by atoms with van der Waals surface area (Å²) in [6.07, 6.45) is 2.45. The van der Waals surface area contributed by atoms with Crippen molar-refractivity contribution in [2.75, 3.05) is 6.54 Å². The number of hydrogen-bond acceptors (Lipinski definition) is 3. The molecule has 1 rings (SSSR count). The molecule has 116 valence electrons. The van der Waals surface area contributed by atoms with E-state index in [9.17, 15) is 4.79 Å². The highest BCUT2D eigenvalue weighted by atomic mass is 35.5. The molecule has 1 atom stereocenters. The van der Waals surface area contributed by atoms with Gasteiger partial charge in [0.05, 0.1) is 5.56 Å². The standard InChI is InChI=1S/C14H23N3O.2ClH/c1-10(2)7-14(4,9-15)17-13(18)12-6-5-11(3)16-8-12;;/h5-6,8,10H,7,9,15H2,1-4H3,(H,17,18);2*1H. The maximum absolute atomic E-state index is 12.1. The molecule has 0 radical (unpaired) electrons. The lowest BCUT2D eigenvalue weighted by atomic mass is 9.90. The molecular weight excluding hydrogens is 297 g/mol. The van der Waals surface area contributed by atoms with Crippen LogP contribution in [-0.4, -0.2) is 23.0 Å². The molecule has 1 heterocycles. The minimum atomic E-state index is -0.365. The van der Waals surface area contributed by atoms with Crippen LogP contribution < -0.4 is 11.1 Å². The van der Waals surface area contributed by atoms with Crippen LogP contribution in [0.5, 0.6) is 0 Å². The van der Waals surface area contributed by atoms with Gasteiger partial charge in [-0.1, -0.05) is 13.8 Å². The Morgan fingerprint density at radius 2 is 2.00 bits per heavy atom. The number of amides is 1.